The Morgan fingerprint density at radius 2 is 1.85 bits per heavy atom. The highest BCUT2D eigenvalue weighted by Gasteiger charge is 2.22. The number of rotatable bonds is 5. The normalized spacial score (nSPS) is 11.9. The molecule has 104 valence electrons. The van der Waals surface area contributed by atoms with Crippen molar-refractivity contribution in [3.05, 3.63) is 65.5 Å². The summed E-state index contributed by atoms with van der Waals surface area (Å²) in [5.41, 5.74) is 1.55. The van der Waals surface area contributed by atoms with Gasteiger partial charge in [0.25, 0.3) is 0 Å². The number of aryl methyl sites for hydroxylation is 1. The molecule has 2 aromatic carbocycles. The fourth-order valence-corrected chi connectivity index (χ4v) is 2.01. The van der Waals surface area contributed by atoms with E-state index in [-0.39, 0.29) is 12.4 Å². The summed E-state index contributed by atoms with van der Waals surface area (Å²) in [6, 6.07) is 13.2. The van der Waals surface area contributed by atoms with Crippen LogP contribution in [0.3, 0.4) is 0 Å². The second-order valence-corrected chi connectivity index (χ2v) is 4.49. The molecule has 0 aliphatic rings. The Kier molecular flexibility index (Phi) is 4.35. The van der Waals surface area contributed by atoms with Gasteiger partial charge >= 0.3 is 5.97 Å². The Morgan fingerprint density at radius 3 is 2.50 bits per heavy atom. The number of hydrogen-bond acceptors (Lipinski definition) is 2. The van der Waals surface area contributed by atoms with Crippen LogP contribution in [0.25, 0.3) is 0 Å². The van der Waals surface area contributed by atoms with Crippen molar-refractivity contribution in [1.29, 1.82) is 0 Å². The van der Waals surface area contributed by atoms with E-state index in [0.717, 1.165) is 5.56 Å². The van der Waals surface area contributed by atoms with Gasteiger partial charge in [0.2, 0.25) is 0 Å². The summed E-state index contributed by atoms with van der Waals surface area (Å²) in [7, 11) is 0. The van der Waals surface area contributed by atoms with Crippen LogP contribution in [-0.4, -0.2) is 17.7 Å². The maximum Gasteiger partial charge on any atom is 0.314 e. The van der Waals surface area contributed by atoms with E-state index >= 15 is 0 Å². The Bertz CT molecular complexity index is 610. The Hall–Kier alpha value is -2.36. The molecule has 0 bridgehead atoms. The molecular formula is C16H15FO3. The van der Waals surface area contributed by atoms with Gasteiger partial charge in [0.05, 0.1) is 0 Å². The maximum absolute atomic E-state index is 13.5. The molecule has 0 spiro atoms. The average Bonchev–Trinajstić information content (AvgIpc) is 2.42. The van der Waals surface area contributed by atoms with Crippen molar-refractivity contribution in [3.8, 4) is 5.75 Å². The maximum atomic E-state index is 13.5. The van der Waals surface area contributed by atoms with Crippen molar-refractivity contribution in [2.45, 2.75) is 12.8 Å². The van der Waals surface area contributed by atoms with Gasteiger partial charge in [-0.15, -0.1) is 0 Å². The van der Waals surface area contributed by atoms with Crippen LogP contribution in [0.5, 0.6) is 5.75 Å². The van der Waals surface area contributed by atoms with Crippen LogP contribution >= 0.6 is 0 Å². The van der Waals surface area contributed by atoms with Gasteiger partial charge in [0, 0.05) is 0 Å². The van der Waals surface area contributed by atoms with Crippen LogP contribution in [-0.2, 0) is 4.79 Å². The number of carboxylic acids is 1. The van der Waals surface area contributed by atoms with Crippen LogP contribution in [0, 0.1) is 12.7 Å². The van der Waals surface area contributed by atoms with Crippen LogP contribution in [0.2, 0.25) is 0 Å². The molecule has 0 fully saturated rings. The smallest absolute Gasteiger partial charge is 0.314 e. The summed E-state index contributed by atoms with van der Waals surface area (Å²) in [5, 5.41) is 9.32. The van der Waals surface area contributed by atoms with E-state index in [1.165, 1.54) is 12.1 Å². The summed E-state index contributed by atoms with van der Waals surface area (Å²) in [6.07, 6.45) is 0. The zero-order chi connectivity index (χ0) is 14.5. The van der Waals surface area contributed by atoms with Gasteiger partial charge in [-0.1, -0.05) is 36.4 Å². The predicted octanol–water partition coefficient (Wildman–Crippen LogP) is 3.38. The van der Waals surface area contributed by atoms with Crippen LogP contribution in [0.15, 0.2) is 48.5 Å². The number of para-hydroxylation sites is 1. The minimum absolute atomic E-state index is 0.0623. The highest BCUT2D eigenvalue weighted by Crippen LogP contribution is 2.23. The quantitative estimate of drug-likeness (QED) is 0.909. The molecule has 0 radical (unpaired) electrons. The summed E-state index contributed by atoms with van der Waals surface area (Å²) >= 11 is 0. The molecule has 3 nitrogen and oxygen atoms in total. The number of carbonyl (C=O) groups is 1. The number of ether oxygens (including phenoxy) is 1. The Morgan fingerprint density at radius 1 is 1.20 bits per heavy atom. The fourth-order valence-electron chi connectivity index (χ4n) is 2.01. The van der Waals surface area contributed by atoms with Gasteiger partial charge in [-0.2, -0.15) is 0 Å². The second-order valence-electron chi connectivity index (χ2n) is 4.49. The van der Waals surface area contributed by atoms with Crippen molar-refractivity contribution in [1.82, 2.24) is 0 Å². The monoisotopic (exact) mass is 274 g/mol. The molecule has 0 amide bonds. The summed E-state index contributed by atoms with van der Waals surface area (Å²) in [6.45, 7) is 1.73. The number of hydrogen-bond donors (Lipinski definition) is 1. The molecule has 0 heterocycles. The first-order valence-corrected chi connectivity index (χ1v) is 6.25. The molecule has 0 saturated heterocycles. The average molecular weight is 274 g/mol. The van der Waals surface area contributed by atoms with Crippen molar-refractivity contribution in [3.63, 3.8) is 0 Å². The topological polar surface area (TPSA) is 46.5 Å². The van der Waals surface area contributed by atoms with E-state index in [0.29, 0.717) is 5.56 Å². The fraction of sp³-hybridized carbons (Fsp3) is 0.188. The molecule has 1 unspecified atom stereocenters. The largest absolute Gasteiger partial charge is 0.489 e. The van der Waals surface area contributed by atoms with Crippen molar-refractivity contribution >= 4 is 5.97 Å². The molecule has 1 N–H and O–H groups in total. The zero-order valence-corrected chi connectivity index (χ0v) is 11.0. The Labute approximate surface area is 116 Å². The van der Waals surface area contributed by atoms with Gasteiger partial charge in [0.15, 0.2) is 11.6 Å². The number of benzene rings is 2. The molecule has 0 aliphatic carbocycles. The summed E-state index contributed by atoms with van der Waals surface area (Å²) in [4.78, 5) is 11.4. The first-order valence-electron chi connectivity index (χ1n) is 6.25. The number of halogens is 1. The predicted molar refractivity (Wildman–Crippen MR) is 73.5 cm³/mol. The highest BCUT2D eigenvalue weighted by molar-refractivity contribution is 5.76. The zero-order valence-electron chi connectivity index (χ0n) is 11.0. The van der Waals surface area contributed by atoms with Crippen molar-refractivity contribution in [2.24, 2.45) is 0 Å². The molecule has 4 heteroatoms. The number of carboxylic acid groups (broad SMARTS) is 1. The lowest BCUT2D eigenvalue weighted by Gasteiger charge is -2.16. The SMILES string of the molecule is Cc1ccccc1C(COc1ccccc1F)C(=O)O. The molecule has 1 atom stereocenters. The molecular weight excluding hydrogens is 259 g/mol. The third kappa shape index (κ3) is 3.15. The molecule has 2 rings (SSSR count). The van der Waals surface area contributed by atoms with Crippen molar-refractivity contribution < 1.29 is 19.0 Å². The third-order valence-electron chi connectivity index (χ3n) is 3.10. The molecule has 20 heavy (non-hydrogen) atoms. The summed E-state index contributed by atoms with van der Waals surface area (Å²) < 4.78 is 18.8. The minimum Gasteiger partial charge on any atom is -0.489 e. The second kappa shape index (κ2) is 6.19. The number of aliphatic carboxylic acids is 1. The molecule has 0 aromatic heterocycles. The first kappa shape index (κ1) is 14.1. The van der Waals surface area contributed by atoms with Gasteiger partial charge in [-0.25, -0.2) is 4.39 Å². The van der Waals surface area contributed by atoms with Crippen LogP contribution < -0.4 is 4.74 Å². The lowest BCUT2D eigenvalue weighted by molar-refractivity contribution is -0.139. The lowest BCUT2D eigenvalue weighted by atomic mass is 9.96. The molecule has 0 aliphatic heterocycles. The van der Waals surface area contributed by atoms with Crippen LogP contribution in [0.4, 0.5) is 4.39 Å². The standard InChI is InChI=1S/C16H15FO3/c1-11-6-2-3-7-12(11)13(16(18)19)10-20-15-9-5-4-8-14(15)17/h2-9,13H,10H2,1H3,(H,18,19). The lowest BCUT2D eigenvalue weighted by Crippen LogP contribution is -2.20. The highest BCUT2D eigenvalue weighted by atomic mass is 19.1. The van der Waals surface area contributed by atoms with E-state index < -0.39 is 17.7 Å². The molecule has 2 aromatic rings. The van der Waals surface area contributed by atoms with E-state index in [4.69, 9.17) is 4.74 Å². The van der Waals surface area contributed by atoms with Gasteiger partial charge in [0.1, 0.15) is 12.5 Å². The van der Waals surface area contributed by atoms with E-state index in [2.05, 4.69) is 0 Å². The van der Waals surface area contributed by atoms with E-state index in [9.17, 15) is 14.3 Å². The van der Waals surface area contributed by atoms with E-state index in [1.807, 2.05) is 19.1 Å². The van der Waals surface area contributed by atoms with Gasteiger partial charge < -0.3 is 9.84 Å². The van der Waals surface area contributed by atoms with Gasteiger partial charge in [-0.05, 0) is 30.2 Å². The van der Waals surface area contributed by atoms with Crippen LogP contribution in [0.1, 0.15) is 17.0 Å². The van der Waals surface area contributed by atoms with E-state index in [1.54, 1.807) is 24.3 Å². The molecule has 0 saturated carbocycles. The van der Waals surface area contributed by atoms with Gasteiger partial charge in [-0.3, -0.25) is 4.79 Å². The minimum atomic E-state index is -0.990. The third-order valence-corrected chi connectivity index (χ3v) is 3.10. The summed E-state index contributed by atoms with van der Waals surface area (Å²) in [5.74, 6) is -2.25. The Balaban J connectivity index is 2.18. The first-order chi connectivity index (χ1) is 9.59. The van der Waals surface area contributed by atoms with Crippen molar-refractivity contribution in [2.75, 3.05) is 6.61 Å².